The van der Waals surface area contributed by atoms with Gasteiger partial charge in [-0.05, 0) is 52.9 Å². The molecule has 0 spiro atoms. The molecule has 4 aromatic rings. The SMILES string of the molecule is CCc1ccc(C(=O)N(Cc2ccc(N(C)C)cc2)C(c2ccccc2)c2ccccc2)cc1. The number of carbonyl (C=O) groups is 1. The molecule has 0 bridgehead atoms. The van der Waals surface area contributed by atoms with Gasteiger partial charge in [-0.2, -0.15) is 0 Å². The van der Waals surface area contributed by atoms with Gasteiger partial charge in [0.05, 0.1) is 6.04 Å². The molecule has 3 heteroatoms. The van der Waals surface area contributed by atoms with Crippen LogP contribution in [0, 0.1) is 0 Å². The van der Waals surface area contributed by atoms with Crippen molar-refractivity contribution in [2.45, 2.75) is 25.9 Å². The summed E-state index contributed by atoms with van der Waals surface area (Å²) in [6.45, 7) is 2.64. The van der Waals surface area contributed by atoms with E-state index in [1.54, 1.807) is 0 Å². The molecule has 3 nitrogen and oxygen atoms in total. The lowest BCUT2D eigenvalue weighted by Gasteiger charge is -2.33. The molecule has 0 fully saturated rings. The number of anilines is 1. The number of nitrogens with zero attached hydrogens (tertiary/aromatic N) is 2. The highest BCUT2D eigenvalue weighted by Crippen LogP contribution is 2.32. The van der Waals surface area contributed by atoms with Gasteiger partial charge in [0.1, 0.15) is 0 Å². The van der Waals surface area contributed by atoms with Gasteiger partial charge in [-0.25, -0.2) is 0 Å². The quantitative estimate of drug-likeness (QED) is 0.298. The molecule has 0 radical (unpaired) electrons. The lowest BCUT2D eigenvalue weighted by molar-refractivity contribution is 0.0690. The summed E-state index contributed by atoms with van der Waals surface area (Å²) in [4.78, 5) is 18.1. The molecule has 0 heterocycles. The Bertz CT molecular complexity index is 1140. The maximum Gasteiger partial charge on any atom is 0.254 e. The van der Waals surface area contributed by atoms with Gasteiger partial charge >= 0.3 is 0 Å². The molecule has 0 aliphatic heterocycles. The highest BCUT2D eigenvalue weighted by Gasteiger charge is 2.28. The molecule has 0 saturated carbocycles. The molecule has 34 heavy (non-hydrogen) atoms. The third-order valence-electron chi connectivity index (χ3n) is 6.22. The summed E-state index contributed by atoms with van der Waals surface area (Å²) < 4.78 is 0. The Kier molecular flexibility index (Phi) is 7.44. The van der Waals surface area contributed by atoms with E-state index < -0.39 is 0 Å². The number of aryl methyl sites for hydroxylation is 1. The molecule has 0 aliphatic rings. The molecule has 0 aromatic heterocycles. The van der Waals surface area contributed by atoms with Gasteiger partial charge < -0.3 is 9.80 Å². The molecule has 4 aromatic carbocycles. The van der Waals surface area contributed by atoms with Crippen molar-refractivity contribution in [2.24, 2.45) is 0 Å². The predicted octanol–water partition coefficient (Wildman–Crippen LogP) is 6.75. The second-order valence-corrected chi connectivity index (χ2v) is 8.77. The van der Waals surface area contributed by atoms with Crippen LogP contribution in [0.5, 0.6) is 0 Å². The fourth-order valence-electron chi connectivity index (χ4n) is 4.25. The zero-order valence-corrected chi connectivity index (χ0v) is 20.2. The Morgan fingerprint density at radius 2 is 1.18 bits per heavy atom. The summed E-state index contributed by atoms with van der Waals surface area (Å²) in [5.74, 6) is 0.0250. The summed E-state index contributed by atoms with van der Waals surface area (Å²) >= 11 is 0. The average Bonchev–Trinajstić information content (AvgIpc) is 2.89. The molecule has 0 unspecified atom stereocenters. The maximum atomic E-state index is 14.0. The van der Waals surface area contributed by atoms with Crippen LogP contribution in [0.15, 0.2) is 109 Å². The number of carbonyl (C=O) groups excluding carboxylic acids is 1. The van der Waals surface area contributed by atoms with Gasteiger partial charge in [-0.15, -0.1) is 0 Å². The summed E-state index contributed by atoms with van der Waals surface area (Å²) in [6, 6.07) is 36.9. The van der Waals surface area contributed by atoms with Crippen LogP contribution in [0.1, 0.15) is 45.6 Å². The minimum absolute atomic E-state index is 0.0250. The van der Waals surface area contributed by atoms with Gasteiger partial charge in [-0.3, -0.25) is 4.79 Å². The topological polar surface area (TPSA) is 23.6 Å². The first-order chi connectivity index (χ1) is 16.6. The van der Waals surface area contributed by atoms with Gasteiger partial charge in [0.15, 0.2) is 0 Å². The summed E-state index contributed by atoms with van der Waals surface area (Å²) in [7, 11) is 4.07. The van der Waals surface area contributed by atoms with Crippen LogP contribution in [-0.4, -0.2) is 24.9 Å². The minimum atomic E-state index is -0.200. The van der Waals surface area contributed by atoms with E-state index in [1.165, 1.54) is 5.56 Å². The van der Waals surface area contributed by atoms with Crippen molar-refractivity contribution in [1.29, 1.82) is 0 Å². The van der Waals surface area contributed by atoms with Crippen molar-refractivity contribution >= 4 is 11.6 Å². The fraction of sp³-hybridized carbons (Fsp3) is 0.194. The van der Waals surface area contributed by atoms with Crippen LogP contribution in [0.2, 0.25) is 0 Å². The van der Waals surface area contributed by atoms with Crippen molar-refractivity contribution in [3.8, 4) is 0 Å². The smallest absolute Gasteiger partial charge is 0.254 e. The molecule has 172 valence electrons. The van der Waals surface area contributed by atoms with Crippen molar-refractivity contribution in [1.82, 2.24) is 4.90 Å². The summed E-state index contributed by atoms with van der Waals surface area (Å²) in [6.07, 6.45) is 0.951. The van der Waals surface area contributed by atoms with Crippen LogP contribution in [-0.2, 0) is 13.0 Å². The predicted molar refractivity (Wildman–Crippen MR) is 141 cm³/mol. The van der Waals surface area contributed by atoms with E-state index in [0.717, 1.165) is 28.8 Å². The van der Waals surface area contributed by atoms with Gasteiger partial charge in [0.25, 0.3) is 5.91 Å². The summed E-state index contributed by atoms with van der Waals surface area (Å²) in [5.41, 5.74) is 6.36. The van der Waals surface area contributed by atoms with Crippen LogP contribution >= 0.6 is 0 Å². The van der Waals surface area contributed by atoms with Gasteiger partial charge in [0, 0.05) is 31.9 Å². The summed E-state index contributed by atoms with van der Waals surface area (Å²) in [5, 5.41) is 0. The molecule has 0 aliphatic carbocycles. The van der Waals surface area contributed by atoms with Crippen LogP contribution in [0.3, 0.4) is 0 Å². The number of hydrogen-bond acceptors (Lipinski definition) is 2. The second kappa shape index (κ2) is 10.8. The fourth-order valence-corrected chi connectivity index (χ4v) is 4.25. The Morgan fingerprint density at radius 1 is 0.676 bits per heavy atom. The van der Waals surface area contributed by atoms with Crippen LogP contribution in [0.25, 0.3) is 0 Å². The van der Waals surface area contributed by atoms with E-state index in [-0.39, 0.29) is 11.9 Å². The van der Waals surface area contributed by atoms with E-state index in [9.17, 15) is 4.79 Å². The highest BCUT2D eigenvalue weighted by atomic mass is 16.2. The zero-order chi connectivity index (χ0) is 23.9. The Labute approximate surface area is 203 Å². The largest absolute Gasteiger partial charge is 0.378 e. The zero-order valence-electron chi connectivity index (χ0n) is 20.2. The second-order valence-electron chi connectivity index (χ2n) is 8.77. The Balaban J connectivity index is 1.79. The lowest BCUT2D eigenvalue weighted by Crippen LogP contribution is -2.35. The number of amides is 1. The van der Waals surface area contributed by atoms with E-state index >= 15 is 0 Å². The van der Waals surface area contributed by atoms with E-state index in [2.05, 4.69) is 72.5 Å². The van der Waals surface area contributed by atoms with E-state index in [4.69, 9.17) is 0 Å². The number of hydrogen-bond donors (Lipinski definition) is 0. The first-order valence-corrected chi connectivity index (χ1v) is 11.8. The van der Waals surface area contributed by atoms with Gasteiger partial charge in [-0.1, -0.05) is 91.9 Å². The maximum absolute atomic E-state index is 14.0. The normalized spacial score (nSPS) is 10.8. The monoisotopic (exact) mass is 448 g/mol. The number of benzene rings is 4. The van der Waals surface area contributed by atoms with Gasteiger partial charge in [0.2, 0.25) is 0 Å². The van der Waals surface area contributed by atoms with Crippen molar-refractivity contribution in [2.75, 3.05) is 19.0 Å². The van der Waals surface area contributed by atoms with E-state index in [0.29, 0.717) is 12.1 Å². The van der Waals surface area contributed by atoms with Crippen LogP contribution < -0.4 is 4.90 Å². The molecule has 1 amide bonds. The lowest BCUT2D eigenvalue weighted by atomic mass is 9.95. The molecule has 0 saturated heterocycles. The van der Waals surface area contributed by atoms with E-state index in [1.807, 2.05) is 67.5 Å². The number of rotatable bonds is 8. The molecular weight excluding hydrogens is 416 g/mol. The van der Waals surface area contributed by atoms with Crippen LogP contribution in [0.4, 0.5) is 5.69 Å². The van der Waals surface area contributed by atoms with Crippen molar-refractivity contribution in [3.05, 3.63) is 137 Å². The Morgan fingerprint density at radius 3 is 1.65 bits per heavy atom. The Hall–Kier alpha value is -3.85. The third kappa shape index (κ3) is 5.37. The minimum Gasteiger partial charge on any atom is -0.378 e. The first-order valence-electron chi connectivity index (χ1n) is 11.8. The third-order valence-corrected chi connectivity index (χ3v) is 6.22. The van der Waals surface area contributed by atoms with Crippen molar-refractivity contribution < 1.29 is 4.79 Å². The molecule has 0 N–H and O–H groups in total. The highest BCUT2D eigenvalue weighted by molar-refractivity contribution is 5.94. The first kappa shape index (κ1) is 23.3. The molecule has 0 atom stereocenters. The molecular formula is C31H32N2O. The standard InChI is InChI=1S/C31H32N2O/c1-4-24-15-19-28(20-16-24)31(34)33(23-25-17-21-29(22-18-25)32(2)3)30(26-11-7-5-8-12-26)27-13-9-6-10-14-27/h5-22,30H,4,23H2,1-3H3. The molecule has 4 rings (SSSR count). The van der Waals surface area contributed by atoms with Crippen molar-refractivity contribution in [3.63, 3.8) is 0 Å². The average molecular weight is 449 g/mol.